The highest BCUT2D eigenvalue weighted by atomic mass is 35.5. The summed E-state index contributed by atoms with van der Waals surface area (Å²) in [6.07, 6.45) is 7.09. The van der Waals surface area contributed by atoms with Crippen molar-refractivity contribution >= 4 is 35.1 Å². The van der Waals surface area contributed by atoms with Gasteiger partial charge in [0.25, 0.3) is 5.91 Å². The van der Waals surface area contributed by atoms with E-state index in [9.17, 15) is 19.2 Å². The number of aromatic nitrogens is 2. The zero-order chi connectivity index (χ0) is 27.4. The molecule has 2 amide bonds. The maximum Gasteiger partial charge on any atom is 0.253 e. The fourth-order valence-electron chi connectivity index (χ4n) is 5.40. The van der Waals surface area contributed by atoms with E-state index in [1.165, 1.54) is 40.5 Å². The molecule has 11 heteroatoms. The molecule has 2 aliphatic rings. The molecule has 204 valence electrons. The number of nitrogens with one attached hydrogen (secondary N) is 2. The largest absolute Gasteiger partial charge is 0.606 e. The van der Waals surface area contributed by atoms with Crippen molar-refractivity contribution in [1.29, 1.82) is 0 Å². The molecule has 2 heterocycles. The summed E-state index contributed by atoms with van der Waals surface area (Å²) in [6.45, 7) is 0. The van der Waals surface area contributed by atoms with E-state index in [4.69, 9.17) is 11.6 Å². The van der Waals surface area contributed by atoms with Crippen LogP contribution in [0.4, 0.5) is 16.0 Å². The van der Waals surface area contributed by atoms with E-state index in [2.05, 4.69) is 15.3 Å². The second-order valence-electron chi connectivity index (χ2n) is 9.82. The molecular formula is C28H30ClFN6O3. The standard InChI is InChI=1S/C28H30ClFN6O3/c29-23-13-5-4-12-22(23)26(27(38)33-20-9-2-1-3-10-20)35(21-11-6-8-19(30)18-21)36(39)24-14-15-25(37)34(24)28-31-16-7-17-32-28/h4-8,11-13,16-18,20,24,26,36H,1-3,9-10,14-15H2,(H,33,38)/t24-,26-/m1/s1. The summed E-state index contributed by atoms with van der Waals surface area (Å²) in [4.78, 5) is 36.6. The Labute approximate surface area is 231 Å². The molecule has 0 bridgehead atoms. The molecule has 0 radical (unpaired) electrons. The Bertz CT molecular complexity index is 1310. The molecule has 1 saturated heterocycles. The van der Waals surface area contributed by atoms with Crippen LogP contribution < -0.4 is 20.4 Å². The van der Waals surface area contributed by atoms with Crippen molar-refractivity contribution in [3.8, 4) is 0 Å². The van der Waals surface area contributed by atoms with Crippen molar-refractivity contribution in [1.82, 2.24) is 15.3 Å². The minimum atomic E-state index is -1.20. The zero-order valence-corrected chi connectivity index (χ0v) is 22.1. The van der Waals surface area contributed by atoms with E-state index in [0.717, 1.165) is 32.1 Å². The molecule has 9 nitrogen and oxygen atoms in total. The number of carbonyl (C=O) groups excluding carboxylic acids is 2. The Morgan fingerprint density at radius 1 is 1.08 bits per heavy atom. The molecule has 2 fully saturated rings. The number of rotatable bonds is 8. The van der Waals surface area contributed by atoms with Gasteiger partial charge in [-0.2, -0.15) is 0 Å². The smallest absolute Gasteiger partial charge is 0.253 e. The van der Waals surface area contributed by atoms with Crippen molar-refractivity contribution in [2.75, 3.05) is 9.91 Å². The maximum absolute atomic E-state index is 14.5. The first-order valence-corrected chi connectivity index (χ1v) is 13.5. The molecule has 3 aromatic rings. The van der Waals surface area contributed by atoms with Crippen molar-refractivity contribution in [2.45, 2.75) is 63.2 Å². The molecule has 1 aromatic heterocycles. The minimum Gasteiger partial charge on any atom is -0.606 e. The lowest BCUT2D eigenvalue weighted by atomic mass is 9.94. The van der Waals surface area contributed by atoms with Crippen LogP contribution in [0.15, 0.2) is 67.0 Å². The summed E-state index contributed by atoms with van der Waals surface area (Å²) >= 11 is 6.60. The fraction of sp³-hybridized carbons (Fsp3) is 0.357. The van der Waals surface area contributed by atoms with E-state index in [1.54, 1.807) is 36.4 Å². The molecule has 1 saturated carbocycles. The van der Waals surface area contributed by atoms with Crippen LogP contribution in [0.25, 0.3) is 0 Å². The number of hydrogen-bond donors (Lipinski definition) is 2. The van der Waals surface area contributed by atoms with E-state index in [1.807, 2.05) is 0 Å². The quantitative estimate of drug-likeness (QED) is 0.413. The molecule has 1 aliphatic heterocycles. The lowest BCUT2D eigenvalue weighted by Gasteiger charge is -2.44. The van der Waals surface area contributed by atoms with Crippen molar-refractivity contribution < 1.29 is 19.2 Å². The monoisotopic (exact) mass is 552 g/mol. The van der Waals surface area contributed by atoms with Crippen LogP contribution in [0, 0.1) is 11.0 Å². The topological polar surface area (TPSA) is 106 Å². The van der Waals surface area contributed by atoms with Crippen molar-refractivity contribution in [3.63, 3.8) is 0 Å². The summed E-state index contributed by atoms with van der Waals surface area (Å²) in [7, 11) is 0. The van der Waals surface area contributed by atoms with Crippen LogP contribution in [0.2, 0.25) is 5.02 Å². The molecule has 3 atom stereocenters. The van der Waals surface area contributed by atoms with E-state index >= 15 is 0 Å². The molecule has 1 unspecified atom stereocenters. The SMILES string of the molecule is O=C(NC1CCCCC1)[C@@H](c1ccccc1Cl)N(c1cccc(F)c1)[NH+]([O-])[C@@H]1CCC(=O)N1c1ncccn1. The fourth-order valence-corrected chi connectivity index (χ4v) is 5.63. The van der Waals surface area contributed by atoms with Gasteiger partial charge in [-0.25, -0.2) is 29.4 Å². The average Bonchev–Trinajstić information content (AvgIpc) is 3.34. The predicted octanol–water partition coefficient (Wildman–Crippen LogP) is 3.72. The third-order valence-electron chi connectivity index (χ3n) is 7.25. The number of amides is 2. The van der Waals surface area contributed by atoms with Gasteiger partial charge in [0.1, 0.15) is 5.82 Å². The number of hydroxylamine groups is 1. The Kier molecular flexibility index (Phi) is 8.35. The van der Waals surface area contributed by atoms with Gasteiger partial charge >= 0.3 is 0 Å². The van der Waals surface area contributed by atoms with Gasteiger partial charge < -0.3 is 10.5 Å². The highest BCUT2D eigenvalue weighted by Crippen LogP contribution is 2.32. The first-order chi connectivity index (χ1) is 18.9. The second-order valence-corrected chi connectivity index (χ2v) is 10.2. The normalized spacial score (nSPS) is 19.5. The molecule has 1 aliphatic carbocycles. The molecule has 2 N–H and O–H groups in total. The van der Waals surface area contributed by atoms with Crippen LogP contribution in [0.5, 0.6) is 0 Å². The first-order valence-electron chi connectivity index (χ1n) is 13.2. The minimum absolute atomic E-state index is 0.0389. The van der Waals surface area contributed by atoms with Crippen LogP contribution in [-0.4, -0.2) is 34.0 Å². The highest BCUT2D eigenvalue weighted by molar-refractivity contribution is 6.31. The Morgan fingerprint density at radius 3 is 2.54 bits per heavy atom. The number of anilines is 2. The Hall–Kier alpha value is -3.60. The average molecular weight is 553 g/mol. The van der Waals surface area contributed by atoms with E-state index in [0.29, 0.717) is 10.6 Å². The van der Waals surface area contributed by atoms with Gasteiger partial charge in [0.2, 0.25) is 11.9 Å². The molecule has 0 spiro atoms. The van der Waals surface area contributed by atoms with Crippen LogP contribution in [0.3, 0.4) is 0 Å². The van der Waals surface area contributed by atoms with Crippen LogP contribution in [0.1, 0.15) is 56.6 Å². The Balaban J connectivity index is 1.60. The summed E-state index contributed by atoms with van der Waals surface area (Å²) in [5, 5.41) is 18.6. The van der Waals surface area contributed by atoms with Crippen molar-refractivity contribution in [3.05, 3.63) is 88.6 Å². The van der Waals surface area contributed by atoms with Gasteiger partial charge in [-0.05, 0) is 37.1 Å². The summed E-state index contributed by atoms with van der Waals surface area (Å²) in [5.41, 5.74) is 0.578. The molecule has 39 heavy (non-hydrogen) atoms. The van der Waals surface area contributed by atoms with Crippen LogP contribution in [-0.2, 0) is 9.59 Å². The van der Waals surface area contributed by atoms with Gasteiger partial charge in [-0.1, -0.05) is 55.1 Å². The zero-order valence-electron chi connectivity index (χ0n) is 21.3. The summed E-state index contributed by atoms with van der Waals surface area (Å²) in [5.74, 6) is -1.20. The van der Waals surface area contributed by atoms with Crippen molar-refractivity contribution in [2.24, 2.45) is 0 Å². The van der Waals surface area contributed by atoms with Gasteiger partial charge in [0.15, 0.2) is 12.2 Å². The lowest BCUT2D eigenvalue weighted by molar-refractivity contribution is -0.885. The third-order valence-corrected chi connectivity index (χ3v) is 7.59. The number of nitrogens with zero attached hydrogens (tertiary/aromatic N) is 4. The molecular weight excluding hydrogens is 523 g/mol. The summed E-state index contributed by atoms with van der Waals surface area (Å²) in [6, 6.07) is 12.7. The number of benzene rings is 2. The van der Waals surface area contributed by atoms with Gasteiger partial charge in [0.05, 0.1) is 5.69 Å². The van der Waals surface area contributed by atoms with E-state index < -0.39 is 29.1 Å². The van der Waals surface area contributed by atoms with Gasteiger partial charge in [-0.3, -0.25) is 9.59 Å². The predicted molar refractivity (Wildman–Crippen MR) is 145 cm³/mol. The lowest BCUT2D eigenvalue weighted by Crippen LogP contribution is -3.20. The van der Waals surface area contributed by atoms with Gasteiger partial charge in [0, 0.05) is 47.9 Å². The number of halogens is 2. The summed E-state index contributed by atoms with van der Waals surface area (Å²) < 4.78 is 14.5. The molecule has 2 aromatic carbocycles. The van der Waals surface area contributed by atoms with Crippen LogP contribution >= 0.6 is 11.6 Å². The third kappa shape index (κ3) is 5.88. The van der Waals surface area contributed by atoms with E-state index in [-0.39, 0.29) is 36.4 Å². The molecule has 5 rings (SSSR count). The maximum atomic E-state index is 14.5. The first kappa shape index (κ1) is 27.0. The number of hydrogen-bond acceptors (Lipinski definition) is 6. The second kappa shape index (κ2) is 12.1. The van der Waals surface area contributed by atoms with Gasteiger partial charge in [-0.15, -0.1) is 0 Å². The number of quaternary nitrogens is 1. The number of carbonyl (C=O) groups is 2. The Morgan fingerprint density at radius 2 is 1.82 bits per heavy atom. The highest BCUT2D eigenvalue weighted by Gasteiger charge is 2.44.